The van der Waals surface area contributed by atoms with Gasteiger partial charge in [-0.2, -0.15) is 0 Å². The first-order valence-corrected chi connectivity index (χ1v) is 5.18. The van der Waals surface area contributed by atoms with Gasteiger partial charge in [0.2, 0.25) is 0 Å². The van der Waals surface area contributed by atoms with Gasteiger partial charge >= 0.3 is 0 Å². The van der Waals surface area contributed by atoms with Crippen molar-refractivity contribution in [2.45, 2.75) is 0 Å². The molecule has 0 amide bonds. The molecule has 0 aliphatic heterocycles. The maximum Gasteiger partial charge on any atom is 0.0877 e. The molecule has 2 N–H and O–H groups in total. The molecule has 0 radical (unpaired) electrons. The highest BCUT2D eigenvalue weighted by Gasteiger charge is 2.03. The van der Waals surface area contributed by atoms with E-state index in [-0.39, 0.29) is 0 Å². The Hall–Kier alpha value is -0.0600. The third-order valence-electron chi connectivity index (χ3n) is 1.22. The van der Waals surface area contributed by atoms with Crippen LogP contribution in [0.25, 0.3) is 9.40 Å². The van der Waals surface area contributed by atoms with Crippen LogP contribution < -0.4 is 5.73 Å². The number of halogens is 1. The van der Waals surface area contributed by atoms with Crippen LogP contribution in [0, 0.1) is 0 Å². The third kappa shape index (κ3) is 0.872. The Morgan fingerprint density at radius 3 is 3.00 bits per heavy atom. The third-order valence-corrected chi connectivity index (χ3v) is 4.47. The summed E-state index contributed by atoms with van der Waals surface area (Å²) in [6.07, 6.45) is 0. The second-order valence-electron chi connectivity index (χ2n) is 1.93. The summed E-state index contributed by atoms with van der Waals surface area (Å²) in [7, 11) is 0. The fourth-order valence-corrected chi connectivity index (χ4v) is 3.59. The van der Waals surface area contributed by atoms with Crippen molar-refractivity contribution in [3.63, 3.8) is 0 Å². The molecule has 10 heavy (non-hydrogen) atoms. The molecule has 0 saturated carbocycles. The molecule has 2 rings (SSSR count). The lowest BCUT2D eigenvalue weighted by Gasteiger charge is -1.76. The Morgan fingerprint density at radius 2 is 2.30 bits per heavy atom. The molecular weight excluding hydrogens is 230 g/mol. The first-order chi connectivity index (χ1) is 4.77. The van der Waals surface area contributed by atoms with E-state index in [2.05, 4.69) is 21.3 Å². The van der Waals surface area contributed by atoms with Crippen molar-refractivity contribution in [1.29, 1.82) is 0 Å². The summed E-state index contributed by atoms with van der Waals surface area (Å²) in [4.78, 5) is 0. The molecule has 0 aliphatic rings. The number of thiophene rings is 2. The molecule has 0 aromatic carbocycles. The number of nitrogen functional groups attached to an aromatic ring is 1. The minimum Gasteiger partial charge on any atom is -0.391 e. The van der Waals surface area contributed by atoms with Gasteiger partial charge in [0.15, 0.2) is 0 Å². The lowest BCUT2D eigenvalue weighted by molar-refractivity contribution is 2.02. The highest BCUT2D eigenvalue weighted by molar-refractivity contribution is 9.10. The van der Waals surface area contributed by atoms with E-state index in [9.17, 15) is 0 Å². The van der Waals surface area contributed by atoms with Crippen molar-refractivity contribution in [1.82, 2.24) is 0 Å². The Labute approximate surface area is 74.6 Å². The molecule has 1 nitrogen and oxygen atoms in total. The second-order valence-corrected chi connectivity index (χ2v) is 4.78. The maximum absolute atomic E-state index is 5.61. The summed E-state index contributed by atoms with van der Waals surface area (Å²) in [6.45, 7) is 0. The number of hydrogen-bond donors (Lipinski definition) is 1. The first-order valence-electron chi connectivity index (χ1n) is 2.69. The normalized spacial score (nSPS) is 10.9. The van der Waals surface area contributed by atoms with Gasteiger partial charge in [-0.15, -0.1) is 22.7 Å². The highest BCUT2D eigenvalue weighted by atomic mass is 79.9. The van der Waals surface area contributed by atoms with Crippen LogP contribution in [-0.4, -0.2) is 0 Å². The van der Waals surface area contributed by atoms with Crippen molar-refractivity contribution in [3.8, 4) is 0 Å². The van der Waals surface area contributed by atoms with Crippen molar-refractivity contribution in [3.05, 3.63) is 15.9 Å². The minimum absolute atomic E-state index is 0.891. The molecule has 2 heterocycles. The monoisotopic (exact) mass is 233 g/mol. The Balaban J connectivity index is 2.90. The summed E-state index contributed by atoms with van der Waals surface area (Å²) < 4.78 is 3.70. The molecule has 0 aliphatic carbocycles. The fraction of sp³-hybridized carbons (Fsp3) is 0. The van der Waals surface area contributed by atoms with Crippen LogP contribution in [0.2, 0.25) is 0 Å². The van der Waals surface area contributed by atoms with Gasteiger partial charge < -0.3 is 5.73 Å². The van der Waals surface area contributed by atoms with E-state index >= 15 is 0 Å². The van der Waals surface area contributed by atoms with Gasteiger partial charge in [0.1, 0.15) is 0 Å². The zero-order valence-electron chi connectivity index (χ0n) is 4.93. The second kappa shape index (κ2) is 2.22. The average Bonchev–Trinajstić information content (AvgIpc) is 2.35. The molecule has 0 atom stereocenters. The number of rotatable bonds is 0. The van der Waals surface area contributed by atoms with E-state index in [1.165, 1.54) is 9.40 Å². The largest absolute Gasteiger partial charge is 0.391 e. The van der Waals surface area contributed by atoms with E-state index < -0.39 is 0 Å². The van der Waals surface area contributed by atoms with Crippen molar-refractivity contribution in [2.24, 2.45) is 0 Å². The van der Waals surface area contributed by atoms with Crippen LogP contribution in [0.15, 0.2) is 15.9 Å². The van der Waals surface area contributed by atoms with Gasteiger partial charge in [0, 0.05) is 14.6 Å². The molecule has 0 unspecified atom stereocenters. The molecule has 0 saturated heterocycles. The van der Waals surface area contributed by atoms with Crippen LogP contribution in [0.3, 0.4) is 0 Å². The molecule has 0 bridgehead atoms. The molecule has 2 aromatic rings. The molecule has 2 aromatic heterocycles. The standard InChI is InChI=1S/C6H4BrNS2/c7-3-2-9-4-1-5(8)10-6(3)4/h1-2H,8H2. The van der Waals surface area contributed by atoms with Gasteiger partial charge in [-0.3, -0.25) is 0 Å². The Bertz CT molecular complexity index is 363. The van der Waals surface area contributed by atoms with E-state index in [4.69, 9.17) is 5.73 Å². The Morgan fingerprint density at radius 1 is 1.50 bits per heavy atom. The molecule has 52 valence electrons. The van der Waals surface area contributed by atoms with E-state index in [1.807, 2.05) is 6.07 Å². The van der Waals surface area contributed by atoms with E-state index in [1.54, 1.807) is 22.7 Å². The van der Waals surface area contributed by atoms with Gasteiger partial charge in [-0.1, -0.05) is 0 Å². The fourth-order valence-electron chi connectivity index (χ4n) is 0.815. The number of fused-ring (bicyclic) bond motifs is 1. The van der Waals surface area contributed by atoms with Gasteiger partial charge in [-0.05, 0) is 22.0 Å². The van der Waals surface area contributed by atoms with Crippen LogP contribution >= 0.6 is 38.6 Å². The number of anilines is 1. The quantitative estimate of drug-likeness (QED) is 0.743. The molecule has 4 heteroatoms. The van der Waals surface area contributed by atoms with Crippen LogP contribution in [-0.2, 0) is 0 Å². The average molecular weight is 234 g/mol. The summed E-state index contributed by atoms with van der Waals surface area (Å²) >= 11 is 6.79. The van der Waals surface area contributed by atoms with E-state index in [0.717, 1.165) is 9.47 Å². The predicted molar refractivity (Wildman–Crippen MR) is 51.8 cm³/mol. The van der Waals surface area contributed by atoms with Crippen LogP contribution in [0.5, 0.6) is 0 Å². The SMILES string of the molecule is Nc1cc2scc(Br)c2s1. The Kier molecular flexibility index (Phi) is 1.47. The summed E-state index contributed by atoms with van der Waals surface area (Å²) in [5.41, 5.74) is 5.61. The van der Waals surface area contributed by atoms with Gasteiger partial charge in [0.05, 0.1) is 9.70 Å². The van der Waals surface area contributed by atoms with Crippen LogP contribution in [0.4, 0.5) is 5.00 Å². The summed E-state index contributed by atoms with van der Waals surface area (Å²) in [5, 5.41) is 2.98. The van der Waals surface area contributed by atoms with Crippen molar-refractivity contribution >= 4 is 53.0 Å². The number of hydrogen-bond acceptors (Lipinski definition) is 3. The smallest absolute Gasteiger partial charge is 0.0877 e. The maximum atomic E-state index is 5.61. The zero-order chi connectivity index (χ0) is 7.14. The molecular formula is C6H4BrNS2. The predicted octanol–water partition coefficient (Wildman–Crippen LogP) is 3.31. The lowest BCUT2D eigenvalue weighted by Crippen LogP contribution is -1.72. The molecule has 0 fully saturated rings. The first kappa shape index (κ1) is 6.64. The summed E-state index contributed by atoms with van der Waals surface area (Å²) in [5.74, 6) is 0. The lowest BCUT2D eigenvalue weighted by atomic mass is 10.5. The molecule has 0 spiro atoms. The highest BCUT2D eigenvalue weighted by Crippen LogP contribution is 2.37. The minimum atomic E-state index is 0.891. The summed E-state index contributed by atoms with van der Waals surface area (Å²) in [6, 6.07) is 2.01. The van der Waals surface area contributed by atoms with E-state index in [0.29, 0.717) is 0 Å². The van der Waals surface area contributed by atoms with Crippen molar-refractivity contribution < 1.29 is 0 Å². The van der Waals surface area contributed by atoms with Crippen molar-refractivity contribution in [2.75, 3.05) is 5.73 Å². The van der Waals surface area contributed by atoms with Gasteiger partial charge in [-0.25, -0.2) is 0 Å². The van der Waals surface area contributed by atoms with Crippen LogP contribution in [0.1, 0.15) is 0 Å². The topological polar surface area (TPSA) is 26.0 Å². The number of nitrogens with two attached hydrogens (primary N) is 1. The zero-order valence-corrected chi connectivity index (χ0v) is 8.15. The van der Waals surface area contributed by atoms with Gasteiger partial charge in [0.25, 0.3) is 0 Å².